The summed E-state index contributed by atoms with van der Waals surface area (Å²) in [6, 6.07) is 17.6. The molecule has 0 spiro atoms. The average molecular weight is 584 g/mol. The van der Waals surface area contributed by atoms with Crippen LogP contribution in [-0.4, -0.2) is 50.8 Å². The summed E-state index contributed by atoms with van der Waals surface area (Å²) in [5.41, 5.74) is 3.74. The molecule has 2 aromatic heterocycles. The van der Waals surface area contributed by atoms with Gasteiger partial charge in [-0.05, 0) is 108 Å². The first-order valence-electron chi connectivity index (χ1n) is 14.9. The van der Waals surface area contributed by atoms with Gasteiger partial charge in [0.05, 0.1) is 11.1 Å². The van der Waals surface area contributed by atoms with Crippen LogP contribution in [0, 0.1) is 6.92 Å². The van der Waals surface area contributed by atoms with Crippen molar-refractivity contribution in [2.24, 2.45) is 0 Å². The zero-order chi connectivity index (χ0) is 30.9. The number of hydrogen-bond acceptors (Lipinski definition) is 6. The molecule has 0 unspecified atom stereocenters. The van der Waals surface area contributed by atoms with Crippen LogP contribution in [0.5, 0.6) is 0 Å². The molecule has 0 aliphatic heterocycles. The van der Waals surface area contributed by atoms with E-state index in [4.69, 9.17) is 4.74 Å². The third-order valence-electron chi connectivity index (χ3n) is 7.73. The first kappa shape index (κ1) is 30.2. The Kier molecular flexibility index (Phi) is 8.55. The highest BCUT2D eigenvalue weighted by Crippen LogP contribution is 2.28. The Morgan fingerprint density at radius 3 is 2.35 bits per heavy atom. The Bertz CT molecular complexity index is 1740. The molecule has 1 aliphatic rings. The molecule has 2 aromatic carbocycles. The van der Waals surface area contributed by atoms with Gasteiger partial charge < -0.3 is 15.0 Å². The van der Waals surface area contributed by atoms with Crippen molar-refractivity contribution in [3.05, 3.63) is 92.8 Å². The number of pyridine rings is 1. The minimum Gasteiger partial charge on any atom is -0.444 e. The SMILES string of the molecule is Cc1cnc2c(c1)c(=O)n(C1CCC(NC(=O)OC(C)(C)C)CC1)c(=O)n2-c1cccc(-c2ccc(CN(C)C)cc2)c1. The third kappa shape index (κ3) is 6.88. The summed E-state index contributed by atoms with van der Waals surface area (Å²) >= 11 is 0. The first-order chi connectivity index (χ1) is 20.4. The van der Waals surface area contributed by atoms with E-state index in [1.807, 2.05) is 66.1 Å². The number of nitrogens with one attached hydrogen (secondary N) is 1. The van der Waals surface area contributed by atoms with Gasteiger partial charge >= 0.3 is 11.8 Å². The molecule has 1 saturated carbocycles. The molecule has 226 valence electrons. The summed E-state index contributed by atoms with van der Waals surface area (Å²) in [7, 11) is 4.09. The van der Waals surface area contributed by atoms with E-state index >= 15 is 0 Å². The number of fused-ring (bicyclic) bond motifs is 1. The number of rotatable bonds is 6. The van der Waals surface area contributed by atoms with Crippen LogP contribution in [0.4, 0.5) is 4.79 Å². The average Bonchev–Trinajstić information content (AvgIpc) is 2.94. The van der Waals surface area contributed by atoms with Gasteiger partial charge in [-0.3, -0.25) is 9.36 Å². The number of hydrogen-bond donors (Lipinski definition) is 1. The van der Waals surface area contributed by atoms with Crippen molar-refractivity contribution in [1.29, 1.82) is 0 Å². The van der Waals surface area contributed by atoms with Gasteiger partial charge in [-0.25, -0.2) is 19.1 Å². The normalized spacial score (nSPS) is 17.3. The standard InChI is InChI=1S/C34H41N5O4/c1-22-18-29-30(35-20-22)38(28-9-7-8-25(19-28)24-12-10-23(11-13-24)21-37(5)6)33(42)39(31(29)40)27-16-14-26(15-17-27)36-32(41)43-34(2,3)4/h7-13,18-20,26-27H,14-17,21H2,1-6H3,(H,36,41). The van der Waals surface area contributed by atoms with Crippen LogP contribution in [0.1, 0.15) is 63.6 Å². The van der Waals surface area contributed by atoms with Crippen LogP contribution in [0.2, 0.25) is 0 Å². The first-order valence-corrected chi connectivity index (χ1v) is 14.9. The largest absolute Gasteiger partial charge is 0.444 e. The number of nitrogens with zero attached hydrogens (tertiary/aromatic N) is 4. The summed E-state index contributed by atoms with van der Waals surface area (Å²) < 4.78 is 8.37. The molecule has 43 heavy (non-hydrogen) atoms. The number of aryl methyl sites for hydroxylation is 1. The van der Waals surface area contributed by atoms with E-state index in [9.17, 15) is 14.4 Å². The van der Waals surface area contributed by atoms with Crippen LogP contribution in [-0.2, 0) is 11.3 Å². The zero-order valence-corrected chi connectivity index (χ0v) is 25.9. The van der Waals surface area contributed by atoms with Crippen LogP contribution >= 0.6 is 0 Å². The fraction of sp³-hybridized carbons (Fsp3) is 0.412. The number of alkyl carbamates (subject to hydrolysis) is 1. The van der Waals surface area contributed by atoms with E-state index in [-0.39, 0.29) is 17.6 Å². The number of carbonyl (C=O) groups excluding carboxylic acids is 1. The molecule has 5 rings (SSSR count). The van der Waals surface area contributed by atoms with Crippen molar-refractivity contribution in [2.75, 3.05) is 14.1 Å². The molecule has 2 heterocycles. The van der Waals surface area contributed by atoms with Gasteiger partial charge in [-0.15, -0.1) is 0 Å². The molecule has 9 heteroatoms. The van der Waals surface area contributed by atoms with E-state index in [1.165, 1.54) is 10.1 Å². The lowest BCUT2D eigenvalue weighted by atomic mass is 9.91. The Morgan fingerprint density at radius 1 is 1.00 bits per heavy atom. The molecular weight excluding hydrogens is 542 g/mol. The monoisotopic (exact) mass is 583 g/mol. The summed E-state index contributed by atoms with van der Waals surface area (Å²) in [6.45, 7) is 8.23. The molecule has 0 bridgehead atoms. The number of ether oxygens (including phenoxy) is 1. The maximum Gasteiger partial charge on any atom is 0.407 e. The summed E-state index contributed by atoms with van der Waals surface area (Å²) in [5, 5.41) is 3.35. The van der Waals surface area contributed by atoms with Crippen molar-refractivity contribution in [3.8, 4) is 16.8 Å². The molecule has 1 amide bonds. The highest BCUT2D eigenvalue weighted by Gasteiger charge is 2.29. The van der Waals surface area contributed by atoms with E-state index < -0.39 is 17.4 Å². The zero-order valence-electron chi connectivity index (χ0n) is 25.9. The quantitative estimate of drug-likeness (QED) is 0.318. The highest BCUT2D eigenvalue weighted by molar-refractivity contribution is 5.77. The lowest BCUT2D eigenvalue weighted by Crippen LogP contribution is -2.45. The summed E-state index contributed by atoms with van der Waals surface area (Å²) in [4.78, 5) is 47.0. The Hall–Kier alpha value is -4.24. The second-order valence-electron chi connectivity index (χ2n) is 12.8. The molecule has 1 fully saturated rings. The van der Waals surface area contributed by atoms with Crippen LogP contribution < -0.4 is 16.6 Å². The van der Waals surface area contributed by atoms with Crippen LogP contribution in [0.25, 0.3) is 27.8 Å². The smallest absolute Gasteiger partial charge is 0.407 e. The second-order valence-corrected chi connectivity index (χ2v) is 12.8. The number of amides is 1. The van der Waals surface area contributed by atoms with Gasteiger partial charge in [0.25, 0.3) is 5.56 Å². The van der Waals surface area contributed by atoms with Crippen molar-refractivity contribution < 1.29 is 9.53 Å². The van der Waals surface area contributed by atoms with Crippen molar-refractivity contribution in [2.45, 2.75) is 77.6 Å². The molecule has 0 atom stereocenters. The van der Waals surface area contributed by atoms with E-state index in [0.717, 1.165) is 23.2 Å². The van der Waals surface area contributed by atoms with E-state index in [0.29, 0.717) is 42.4 Å². The van der Waals surface area contributed by atoms with Gasteiger partial charge in [0.2, 0.25) is 0 Å². The fourth-order valence-corrected chi connectivity index (χ4v) is 5.81. The van der Waals surface area contributed by atoms with Crippen molar-refractivity contribution in [1.82, 2.24) is 24.3 Å². The summed E-state index contributed by atoms with van der Waals surface area (Å²) in [5.74, 6) is 0. The lowest BCUT2D eigenvalue weighted by molar-refractivity contribution is 0.0487. The van der Waals surface area contributed by atoms with Gasteiger partial charge in [0.1, 0.15) is 5.60 Å². The van der Waals surface area contributed by atoms with Gasteiger partial charge in [0.15, 0.2) is 5.65 Å². The number of benzene rings is 2. The highest BCUT2D eigenvalue weighted by atomic mass is 16.6. The Morgan fingerprint density at radius 2 is 1.70 bits per heavy atom. The van der Waals surface area contributed by atoms with Crippen LogP contribution in [0.3, 0.4) is 0 Å². The maximum absolute atomic E-state index is 14.2. The molecule has 0 radical (unpaired) electrons. The Labute approximate surface area is 252 Å². The summed E-state index contributed by atoms with van der Waals surface area (Å²) in [6.07, 6.45) is 3.68. The van der Waals surface area contributed by atoms with Crippen LogP contribution in [0.15, 0.2) is 70.4 Å². The molecule has 1 N–H and O–H groups in total. The minimum atomic E-state index is -0.580. The topological polar surface area (TPSA) is 98.5 Å². The molecule has 9 nitrogen and oxygen atoms in total. The van der Waals surface area contributed by atoms with Gasteiger partial charge in [-0.1, -0.05) is 36.4 Å². The molecule has 4 aromatic rings. The lowest BCUT2D eigenvalue weighted by Gasteiger charge is -2.31. The fourth-order valence-electron chi connectivity index (χ4n) is 5.81. The van der Waals surface area contributed by atoms with Gasteiger partial charge in [0, 0.05) is 24.8 Å². The number of aromatic nitrogens is 3. The minimum absolute atomic E-state index is 0.0748. The molecule has 1 aliphatic carbocycles. The molecule has 0 saturated heterocycles. The Balaban J connectivity index is 1.50. The third-order valence-corrected chi connectivity index (χ3v) is 7.73. The molecular formula is C34H41N5O4. The van der Waals surface area contributed by atoms with Crippen molar-refractivity contribution >= 4 is 17.1 Å². The van der Waals surface area contributed by atoms with E-state index in [2.05, 4.69) is 39.5 Å². The predicted molar refractivity (Wildman–Crippen MR) is 170 cm³/mol. The predicted octanol–water partition coefficient (Wildman–Crippen LogP) is 5.59. The van der Waals surface area contributed by atoms with Crippen molar-refractivity contribution in [3.63, 3.8) is 0 Å². The maximum atomic E-state index is 14.2. The van der Waals surface area contributed by atoms with Gasteiger partial charge in [-0.2, -0.15) is 0 Å². The van der Waals surface area contributed by atoms with E-state index in [1.54, 1.807) is 16.8 Å². The number of carbonyl (C=O) groups is 1. The second kappa shape index (κ2) is 12.2.